The number of carbonyl (C=O) groups is 2. The standard InChI is InChI=1S/C27H36FN3O6S/c1-5-23(27(33)29-16-19(2)3)30(17-20-8-10-21(28)11-9-20)26(32)7-6-14-31(38(4,34)35)22-12-13-24-25(15-22)37-18-36-24/h8-13,15,19,23H,5-7,14,16-18H2,1-4H3,(H,29,33)/t23-/m0/s1. The van der Waals surface area contributed by atoms with Gasteiger partial charge in [-0.05, 0) is 48.6 Å². The van der Waals surface area contributed by atoms with Crippen LogP contribution in [-0.2, 0) is 26.2 Å². The Bertz CT molecular complexity index is 1220. The van der Waals surface area contributed by atoms with Gasteiger partial charge < -0.3 is 19.7 Å². The Hall–Kier alpha value is -3.34. The molecule has 0 bridgehead atoms. The predicted molar refractivity (Wildman–Crippen MR) is 143 cm³/mol. The van der Waals surface area contributed by atoms with E-state index >= 15 is 0 Å². The van der Waals surface area contributed by atoms with E-state index in [0.29, 0.717) is 35.7 Å². The monoisotopic (exact) mass is 549 g/mol. The van der Waals surface area contributed by atoms with Crippen molar-refractivity contribution in [3.05, 3.63) is 53.8 Å². The van der Waals surface area contributed by atoms with Crippen LogP contribution in [-0.4, -0.2) is 57.3 Å². The molecule has 9 nitrogen and oxygen atoms in total. The van der Waals surface area contributed by atoms with Gasteiger partial charge in [0.25, 0.3) is 0 Å². The number of anilines is 1. The number of halogens is 1. The Labute approximate surface area is 224 Å². The molecule has 38 heavy (non-hydrogen) atoms. The van der Waals surface area contributed by atoms with Gasteiger partial charge in [-0.2, -0.15) is 0 Å². The maximum atomic E-state index is 13.5. The molecule has 0 spiro atoms. The fourth-order valence-electron chi connectivity index (χ4n) is 4.17. The third kappa shape index (κ3) is 7.83. The lowest BCUT2D eigenvalue weighted by Gasteiger charge is -2.31. The van der Waals surface area contributed by atoms with Crippen LogP contribution < -0.4 is 19.1 Å². The van der Waals surface area contributed by atoms with Crippen molar-refractivity contribution in [2.45, 2.75) is 52.6 Å². The summed E-state index contributed by atoms with van der Waals surface area (Å²) in [5.41, 5.74) is 1.10. The van der Waals surface area contributed by atoms with Gasteiger partial charge in [0.15, 0.2) is 11.5 Å². The zero-order valence-electron chi connectivity index (χ0n) is 22.3. The number of rotatable bonds is 13. The van der Waals surface area contributed by atoms with Crippen molar-refractivity contribution in [1.82, 2.24) is 10.2 Å². The molecule has 208 valence electrons. The van der Waals surface area contributed by atoms with E-state index in [4.69, 9.17) is 9.47 Å². The molecule has 1 aliphatic heterocycles. The van der Waals surface area contributed by atoms with E-state index in [1.54, 1.807) is 30.3 Å². The highest BCUT2D eigenvalue weighted by molar-refractivity contribution is 7.92. The lowest BCUT2D eigenvalue weighted by Crippen LogP contribution is -2.49. The lowest BCUT2D eigenvalue weighted by molar-refractivity contribution is -0.141. The van der Waals surface area contributed by atoms with Crippen molar-refractivity contribution in [2.24, 2.45) is 5.92 Å². The molecule has 0 fully saturated rings. The molecule has 1 heterocycles. The minimum Gasteiger partial charge on any atom is -0.454 e. The SMILES string of the molecule is CC[C@@H](C(=O)NCC(C)C)N(Cc1ccc(F)cc1)C(=O)CCCN(c1ccc2c(c1)OCO2)S(C)(=O)=O. The molecule has 2 aromatic carbocycles. The van der Waals surface area contributed by atoms with Gasteiger partial charge in [0.1, 0.15) is 11.9 Å². The number of benzene rings is 2. The minimum absolute atomic E-state index is 0.0196. The van der Waals surface area contributed by atoms with Crippen molar-refractivity contribution in [2.75, 3.05) is 30.4 Å². The Morgan fingerprint density at radius 1 is 1.08 bits per heavy atom. The smallest absolute Gasteiger partial charge is 0.242 e. The summed E-state index contributed by atoms with van der Waals surface area (Å²) in [6.07, 6.45) is 1.74. The Balaban J connectivity index is 1.75. The summed E-state index contributed by atoms with van der Waals surface area (Å²) in [7, 11) is -3.64. The predicted octanol–water partition coefficient (Wildman–Crippen LogP) is 3.68. The summed E-state index contributed by atoms with van der Waals surface area (Å²) in [5, 5.41) is 2.90. The summed E-state index contributed by atoms with van der Waals surface area (Å²) in [5.74, 6) is 0.300. The third-order valence-electron chi connectivity index (χ3n) is 6.13. The Kier molecular flexibility index (Phi) is 9.96. The van der Waals surface area contributed by atoms with Gasteiger partial charge in [-0.25, -0.2) is 12.8 Å². The first kappa shape index (κ1) is 29.2. The van der Waals surface area contributed by atoms with E-state index < -0.39 is 21.9 Å². The van der Waals surface area contributed by atoms with E-state index in [-0.39, 0.29) is 50.5 Å². The highest BCUT2D eigenvalue weighted by Gasteiger charge is 2.29. The average Bonchev–Trinajstić information content (AvgIpc) is 3.33. The summed E-state index contributed by atoms with van der Waals surface area (Å²) in [4.78, 5) is 27.9. The fraction of sp³-hybridized carbons (Fsp3) is 0.481. The van der Waals surface area contributed by atoms with Gasteiger partial charge in [0, 0.05) is 32.1 Å². The van der Waals surface area contributed by atoms with Crippen LogP contribution in [0.15, 0.2) is 42.5 Å². The van der Waals surface area contributed by atoms with E-state index in [9.17, 15) is 22.4 Å². The first-order valence-corrected chi connectivity index (χ1v) is 14.5. The first-order chi connectivity index (χ1) is 18.0. The van der Waals surface area contributed by atoms with Gasteiger partial charge in [-0.15, -0.1) is 0 Å². The first-order valence-electron chi connectivity index (χ1n) is 12.7. The van der Waals surface area contributed by atoms with E-state index in [1.807, 2.05) is 20.8 Å². The second-order valence-electron chi connectivity index (χ2n) is 9.69. The molecular weight excluding hydrogens is 513 g/mol. The lowest BCUT2D eigenvalue weighted by atomic mass is 10.1. The highest BCUT2D eigenvalue weighted by atomic mass is 32.2. The number of fused-ring (bicyclic) bond motifs is 1. The number of hydrogen-bond donors (Lipinski definition) is 1. The molecule has 3 rings (SSSR count). The summed E-state index contributed by atoms with van der Waals surface area (Å²) in [6, 6.07) is 9.94. The third-order valence-corrected chi connectivity index (χ3v) is 7.33. The number of nitrogens with zero attached hydrogens (tertiary/aromatic N) is 2. The summed E-state index contributed by atoms with van der Waals surface area (Å²) in [6.45, 7) is 6.53. The van der Waals surface area contributed by atoms with Crippen LogP contribution in [0.3, 0.4) is 0 Å². The molecule has 1 aliphatic rings. The molecule has 0 saturated carbocycles. The van der Waals surface area contributed by atoms with E-state index in [2.05, 4.69) is 5.32 Å². The number of sulfonamides is 1. The highest BCUT2D eigenvalue weighted by Crippen LogP contribution is 2.36. The molecule has 2 amide bonds. The topological polar surface area (TPSA) is 105 Å². The average molecular weight is 550 g/mol. The van der Waals surface area contributed by atoms with Gasteiger partial charge in [-0.1, -0.05) is 32.9 Å². The van der Waals surface area contributed by atoms with Crippen molar-refractivity contribution < 1.29 is 31.9 Å². The Morgan fingerprint density at radius 3 is 2.39 bits per heavy atom. The molecule has 1 atom stereocenters. The van der Waals surface area contributed by atoms with Crippen LogP contribution in [0.1, 0.15) is 45.6 Å². The van der Waals surface area contributed by atoms with Crippen LogP contribution >= 0.6 is 0 Å². The molecule has 0 radical (unpaired) electrons. The van der Waals surface area contributed by atoms with Crippen LogP contribution in [0.2, 0.25) is 0 Å². The molecule has 0 saturated heterocycles. The minimum atomic E-state index is -3.64. The van der Waals surface area contributed by atoms with Gasteiger partial charge in [0.05, 0.1) is 11.9 Å². The normalized spacial score (nSPS) is 13.3. The van der Waals surface area contributed by atoms with Crippen molar-refractivity contribution in [3.63, 3.8) is 0 Å². The van der Waals surface area contributed by atoms with Crippen molar-refractivity contribution in [3.8, 4) is 11.5 Å². The molecule has 1 N–H and O–H groups in total. The number of amides is 2. The Morgan fingerprint density at radius 2 is 1.76 bits per heavy atom. The molecular formula is C27H36FN3O6S. The molecule has 0 unspecified atom stereocenters. The number of nitrogens with one attached hydrogen (secondary N) is 1. The van der Waals surface area contributed by atoms with Crippen molar-refractivity contribution in [1.29, 1.82) is 0 Å². The molecule has 2 aromatic rings. The molecule has 0 aliphatic carbocycles. The molecule has 0 aromatic heterocycles. The van der Waals surface area contributed by atoms with E-state index in [0.717, 1.165) is 6.26 Å². The van der Waals surface area contributed by atoms with Gasteiger partial charge >= 0.3 is 0 Å². The quantitative estimate of drug-likeness (QED) is 0.409. The number of carbonyl (C=O) groups excluding carboxylic acids is 2. The van der Waals surface area contributed by atoms with Crippen LogP contribution in [0.5, 0.6) is 11.5 Å². The number of hydrogen-bond acceptors (Lipinski definition) is 6. The largest absolute Gasteiger partial charge is 0.454 e. The maximum absolute atomic E-state index is 13.5. The van der Waals surface area contributed by atoms with Crippen LogP contribution in [0.4, 0.5) is 10.1 Å². The van der Waals surface area contributed by atoms with Gasteiger partial charge in [-0.3, -0.25) is 13.9 Å². The summed E-state index contributed by atoms with van der Waals surface area (Å²) >= 11 is 0. The van der Waals surface area contributed by atoms with Crippen LogP contribution in [0, 0.1) is 11.7 Å². The number of ether oxygens (including phenoxy) is 2. The van der Waals surface area contributed by atoms with Gasteiger partial charge in [0.2, 0.25) is 28.6 Å². The zero-order chi connectivity index (χ0) is 27.9. The second kappa shape index (κ2) is 12.9. The summed E-state index contributed by atoms with van der Waals surface area (Å²) < 4.78 is 50.5. The zero-order valence-corrected chi connectivity index (χ0v) is 23.1. The molecule has 11 heteroatoms. The van der Waals surface area contributed by atoms with E-state index in [1.165, 1.54) is 21.3 Å². The van der Waals surface area contributed by atoms with Crippen LogP contribution in [0.25, 0.3) is 0 Å². The fourth-order valence-corrected chi connectivity index (χ4v) is 5.13. The van der Waals surface area contributed by atoms with Crippen molar-refractivity contribution >= 4 is 27.5 Å². The maximum Gasteiger partial charge on any atom is 0.242 e. The second-order valence-corrected chi connectivity index (χ2v) is 11.6.